The lowest BCUT2D eigenvalue weighted by Crippen LogP contribution is -2.09. The van der Waals surface area contributed by atoms with Crippen molar-refractivity contribution in [3.8, 4) is 0 Å². The van der Waals surface area contributed by atoms with Crippen molar-refractivity contribution in [1.82, 2.24) is 9.38 Å². The summed E-state index contributed by atoms with van der Waals surface area (Å²) in [4.78, 5) is 17.0. The van der Waals surface area contributed by atoms with Crippen LogP contribution >= 0.6 is 11.6 Å². The van der Waals surface area contributed by atoms with Crippen molar-refractivity contribution >= 4 is 45.8 Å². The standard InChI is InChI=1S/C21H18ClN3O2/c1-12-8-9-14(11-15(12)22)23-18-10-13(2)19(21(26)27-3)20-24-16-6-4-5-7-17(16)25(18)20/h4-11,23H,1-3H3. The number of esters is 1. The van der Waals surface area contributed by atoms with E-state index in [4.69, 9.17) is 16.3 Å². The number of hydrogen-bond donors (Lipinski definition) is 1. The molecule has 0 aliphatic rings. The fourth-order valence-corrected chi connectivity index (χ4v) is 3.40. The average molecular weight is 380 g/mol. The van der Waals surface area contributed by atoms with Crippen LogP contribution < -0.4 is 5.32 Å². The number of aromatic nitrogens is 2. The van der Waals surface area contributed by atoms with E-state index in [0.717, 1.165) is 33.7 Å². The minimum atomic E-state index is -0.405. The molecule has 2 aromatic heterocycles. The Bertz CT molecular complexity index is 1200. The third kappa shape index (κ3) is 2.90. The molecule has 6 heteroatoms. The van der Waals surface area contributed by atoms with Gasteiger partial charge in [-0.2, -0.15) is 0 Å². The minimum absolute atomic E-state index is 0.405. The van der Waals surface area contributed by atoms with E-state index < -0.39 is 5.97 Å². The molecule has 0 fully saturated rings. The highest BCUT2D eigenvalue weighted by Crippen LogP contribution is 2.30. The molecule has 0 aliphatic carbocycles. The van der Waals surface area contributed by atoms with Crippen LogP contribution in [-0.4, -0.2) is 22.5 Å². The monoisotopic (exact) mass is 379 g/mol. The minimum Gasteiger partial charge on any atom is -0.465 e. The molecule has 136 valence electrons. The summed E-state index contributed by atoms with van der Waals surface area (Å²) in [5.74, 6) is 0.390. The topological polar surface area (TPSA) is 55.6 Å². The number of anilines is 2. The number of imidazole rings is 1. The van der Waals surface area contributed by atoms with Crippen LogP contribution in [-0.2, 0) is 4.74 Å². The number of benzene rings is 2. The summed E-state index contributed by atoms with van der Waals surface area (Å²) < 4.78 is 6.91. The van der Waals surface area contributed by atoms with Crippen molar-refractivity contribution in [1.29, 1.82) is 0 Å². The molecule has 0 atom stereocenters. The predicted molar refractivity (Wildman–Crippen MR) is 108 cm³/mol. The summed E-state index contributed by atoms with van der Waals surface area (Å²) >= 11 is 6.27. The van der Waals surface area contributed by atoms with Gasteiger partial charge in [-0.3, -0.25) is 4.40 Å². The van der Waals surface area contributed by atoms with E-state index in [-0.39, 0.29) is 0 Å². The molecule has 0 radical (unpaired) electrons. The molecule has 0 spiro atoms. The number of pyridine rings is 1. The van der Waals surface area contributed by atoms with Crippen molar-refractivity contribution in [3.63, 3.8) is 0 Å². The molecule has 5 nitrogen and oxygen atoms in total. The third-order valence-corrected chi connectivity index (χ3v) is 5.01. The van der Waals surface area contributed by atoms with Gasteiger partial charge in [-0.1, -0.05) is 29.8 Å². The van der Waals surface area contributed by atoms with Gasteiger partial charge in [-0.05, 0) is 55.3 Å². The first-order valence-corrected chi connectivity index (χ1v) is 8.89. The Morgan fingerprint density at radius 1 is 1.11 bits per heavy atom. The summed E-state index contributed by atoms with van der Waals surface area (Å²) in [5, 5.41) is 4.09. The van der Waals surface area contributed by atoms with E-state index in [9.17, 15) is 4.79 Å². The summed E-state index contributed by atoms with van der Waals surface area (Å²) in [7, 11) is 1.38. The molecule has 0 unspecified atom stereocenters. The van der Waals surface area contributed by atoms with Crippen LogP contribution in [0.4, 0.5) is 11.5 Å². The van der Waals surface area contributed by atoms with E-state index in [1.54, 1.807) is 0 Å². The number of rotatable bonds is 3. The first kappa shape index (κ1) is 17.4. The normalized spacial score (nSPS) is 11.1. The molecule has 2 heterocycles. The maximum atomic E-state index is 12.4. The van der Waals surface area contributed by atoms with Gasteiger partial charge in [0.25, 0.3) is 0 Å². The highest BCUT2D eigenvalue weighted by molar-refractivity contribution is 6.31. The van der Waals surface area contributed by atoms with Crippen LogP contribution in [0.25, 0.3) is 16.7 Å². The second-order valence-corrected chi connectivity index (χ2v) is 6.83. The van der Waals surface area contributed by atoms with Crippen molar-refractivity contribution in [2.75, 3.05) is 12.4 Å². The number of para-hydroxylation sites is 2. The SMILES string of the molecule is COC(=O)c1c(C)cc(Nc2ccc(C)c(Cl)c2)n2c1nc1ccccc12. The van der Waals surface area contributed by atoms with E-state index in [2.05, 4.69) is 10.3 Å². The lowest BCUT2D eigenvalue weighted by molar-refractivity contribution is 0.0601. The van der Waals surface area contributed by atoms with Crippen LogP contribution in [0.2, 0.25) is 5.02 Å². The number of carbonyl (C=O) groups excluding carboxylic acids is 1. The highest BCUT2D eigenvalue weighted by atomic mass is 35.5. The summed E-state index contributed by atoms with van der Waals surface area (Å²) in [6.45, 7) is 3.84. The summed E-state index contributed by atoms with van der Waals surface area (Å²) in [5.41, 5.74) is 5.37. The fraction of sp³-hybridized carbons (Fsp3) is 0.143. The number of nitrogens with zero attached hydrogens (tertiary/aromatic N) is 2. The Balaban J connectivity index is 2.00. The highest BCUT2D eigenvalue weighted by Gasteiger charge is 2.20. The Morgan fingerprint density at radius 2 is 1.89 bits per heavy atom. The molecule has 27 heavy (non-hydrogen) atoms. The molecule has 1 N–H and O–H groups in total. The number of ether oxygens (including phenoxy) is 1. The van der Waals surface area contributed by atoms with E-state index in [1.807, 2.05) is 66.8 Å². The van der Waals surface area contributed by atoms with Crippen molar-refractivity contribution in [2.24, 2.45) is 0 Å². The Kier molecular flexibility index (Phi) is 4.24. The molecule has 0 aliphatic heterocycles. The van der Waals surface area contributed by atoms with Crippen LogP contribution in [0, 0.1) is 13.8 Å². The van der Waals surface area contributed by atoms with Gasteiger partial charge in [0.05, 0.1) is 18.1 Å². The van der Waals surface area contributed by atoms with E-state index in [0.29, 0.717) is 16.2 Å². The van der Waals surface area contributed by atoms with Crippen molar-refractivity contribution in [2.45, 2.75) is 13.8 Å². The molecule has 0 saturated carbocycles. The molecule has 2 aromatic carbocycles. The quantitative estimate of drug-likeness (QED) is 0.491. The van der Waals surface area contributed by atoms with E-state index >= 15 is 0 Å². The van der Waals surface area contributed by atoms with Crippen LogP contribution in [0.1, 0.15) is 21.5 Å². The smallest absolute Gasteiger partial charge is 0.341 e. The predicted octanol–water partition coefficient (Wildman–Crippen LogP) is 5.29. The zero-order valence-corrected chi connectivity index (χ0v) is 16.0. The number of nitrogens with one attached hydrogen (secondary N) is 1. The maximum absolute atomic E-state index is 12.4. The van der Waals surface area contributed by atoms with Crippen LogP contribution in [0.3, 0.4) is 0 Å². The van der Waals surface area contributed by atoms with Gasteiger partial charge in [-0.25, -0.2) is 9.78 Å². The molecule has 0 bridgehead atoms. The van der Waals surface area contributed by atoms with Gasteiger partial charge in [0.15, 0.2) is 5.65 Å². The van der Waals surface area contributed by atoms with Crippen LogP contribution in [0.5, 0.6) is 0 Å². The van der Waals surface area contributed by atoms with Gasteiger partial charge in [0.1, 0.15) is 11.4 Å². The first-order valence-electron chi connectivity index (χ1n) is 8.52. The molecule has 4 aromatic rings. The van der Waals surface area contributed by atoms with E-state index in [1.165, 1.54) is 7.11 Å². The van der Waals surface area contributed by atoms with Crippen molar-refractivity contribution < 1.29 is 9.53 Å². The number of methoxy groups -OCH3 is 1. The number of halogens is 1. The number of fused-ring (bicyclic) bond motifs is 3. The molecule has 0 amide bonds. The third-order valence-electron chi connectivity index (χ3n) is 4.61. The van der Waals surface area contributed by atoms with Gasteiger partial charge >= 0.3 is 5.97 Å². The van der Waals surface area contributed by atoms with Gasteiger partial charge in [0.2, 0.25) is 0 Å². The second-order valence-electron chi connectivity index (χ2n) is 6.43. The second kappa shape index (κ2) is 6.59. The average Bonchev–Trinajstić information content (AvgIpc) is 3.03. The van der Waals surface area contributed by atoms with Gasteiger partial charge < -0.3 is 10.1 Å². The number of hydrogen-bond acceptors (Lipinski definition) is 4. The fourth-order valence-electron chi connectivity index (χ4n) is 3.22. The lowest BCUT2D eigenvalue weighted by atomic mass is 10.1. The number of carbonyl (C=O) groups is 1. The molecule has 4 rings (SSSR count). The number of aryl methyl sites for hydroxylation is 2. The zero-order valence-electron chi connectivity index (χ0n) is 15.2. The molecule has 0 saturated heterocycles. The first-order chi connectivity index (χ1) is 13.0. The summed E-state index contributed by atoms with van der Waals surface area (Å²) in [6, 6.07) is 15.5. The zero-order chi connectivity index (χ0) is 19.1. The maximum Gasteiger partial charge on any atom is 0.341 e. The van der Waals surface area contributed by atoms with Gasteiger partial charge in [-0.15, -0.1) is 0 Å². The van der Waals surface area contributed by atoms with Gasteiger partial charge in [0, 0.05) is 10.7 Å². The molecular weight excluding hydrogens is 362 g/mol. The largest absolute Gasteiger partial charge is 0.465 e. The molecular formula is C21H18ClN3O2. The Labute approximate surface area is 161 Å². The van der Waals surface area contributed by atoms with Crippen LogP contribution in [0.15, 0.2) is 48.5 Å². The lowest BCUT2D eigenvalue weighted by Gasteiger charge is -2.14. The Morgan fingerprint density at radius 3 is 2.63 bits per heavy atom. The summed E-state index contributed by atoms with van der Waals surface area (Å²) in [6.07, 6.45) is 0. The Hall–Kier alpha value is -3.05. The van der Waals surface area contributed by atoms with Crippen molar-refractivity contribution in [3.05, 3.63) is 70.2 Å².